The molecule has 9 heteroatoms. The highest BCUT2D eigenvalue weighted by atomic mass is 32.2. The number of hydrogen-bond donors (Lipinski definition) is 0. The number of rotatable bonds is 6. The SMILES string of the molecule is O=C(Cc1csc(-c2cccnc2)n1)N1CCN(S(=O)(=O)/C=C/c2ccccc2)CC1. The van der Waals surface area contributed by atoms with Crippen LogP contribution in [0.3, 0.4) is 0 Å². The molecule has 1 aliphatic heterocycles. The average Bonchev–Trinajstić information content (AvgIpc) is 3.28. The average molecular weight is 455 g/mol. The van der Waals surface area contributed by atoms with Gasteiger partial charge in [-0.2, -0.15) is 4.31 Å². The van der Waals surface area contributed by atoms with E-state index in [0.717, 1.165) is 21.8 Å². The lowest BCUT2D eigenvalue weighted by Crippen LogP contribution is -2.50. The molecular weight excluding hydrogens is 432 g/mol. The molecule has 1 aliphatic rings. The summed E-state index contributed by atoms with van der Waals surface area (Å²) in [5.41, 5.74) is 2.47. The van der Waals surface area contributed by atoms with Gasteiger partial charge in [-0.05, 0) is 23.8 Å². The molecule has 1 saturated heterocycles. The summed E-state index contributed by atoms with van der Waals surface area (Å²) in [5.74, 6) is -0.0417. The van der Waals surface area contributed by atoms with E-state index in [1.165, 1.54) is 21.1 Å². The van der Waals surface area contributed by atoms with Gasteiger partial charge in [0.25, 0.3) is 0 Å². The van der Waals surface area contributed by atoms with E-state index in [1.54, 1.807) is 23.4 Å². The maximum absolute atomic E-state index is 12.7. The van der Waals surface area contributed by atoms with Gasteiger partial charge in [0.2, 0.25) is 15.9 Å². The molecule has 1 fully saturated rings. The van der Waals surface area contributed by atoms with E-state index in [2.05, 4.69) is 9.97 Å². The van der Waals surface area contributed by atoms with E-state index in [1.807, 2.05) is 47.8 Å². The zero-order chi connectivity index (χ0) is 21.7. The van der Waals surface area contributed by atoms with Crippen molar-refractivity contribution >= 4 is 33.3 Å². The van der Waals surface area contributed by atoms with Crippen LogP contribution in [-0.2, 0) is 21.2 Å². The lowest BCUT2D eigenvalue weighted by atomic mass is 10.2. The quantitative estimate of drug-likeness (QED) is 0.572. The second-order valence-electron chi connectivity index (χ2n) is 7.10. The Hall–Kier alpha value is -2.88. The third kappa shape index (κ3) is 5.43. The highest BCUT2D eigenvalue weighted by Gasteiger charge is 2.27. The Morgan fingerprint density at radius 2 is 1.84 bits per heavy atom. The molecule has 0 N–H and O–H groups in total. The first-order valence-electron chi connectivity index (χ1n) is 9.87. The molecule has 1 amide bonds. The largest absolute Gasteiger partial charge is 0.340 e. The second kappa shape index (κ2) is 9.51. The summed E-state index contributed by atoms with van der Waals surface area (Å²) in [6.07, 6.45) is 5.25. The number of piperazine rings is 1. The number of pyridine rings is 1. The standard InChI is InChI=1S/C22H22N4O3S2/c27-21(15-20-17-30-22(24-20)19-7-4-9-23-16-19)25-10-12-26(13-11-25)31(28,29)14-8-18-5-2-1-3-6-18/h1-9,14,16-17H,10-13,15H2/b14-8+. The summed E-state index contributed by atoms with van der Waals surface area (Å²) in [4.78, 5) is 23.0. The number of nitrogens with zero attached hydrogens (tertiary/aromatic N) is 4. The number of sulfonamides is 1. The molecule has 0 spiro atoms. The molecular formula is C22H22N4O3S2. The van der Waals surface area contributed by atoms with Crippen molar-refractivity contribution in [3.63, 3.8) is 0 Å². The predicted molar refractivity (Wildman–Crippen MR) is 122 cm³/mol. The van der Waals surface area contributed by atoms with E-state index in [9.17, 15) is 13.2 Å². The van der Waals surface area contributed by atoms with Crippen LogP contribution >= 0.6 is 11.3 Å². The van der Waals surface area contributed by atoms with Crippen LogP contribution in [0.25, 0.3) is 16.6 Å². The number of carbonyl (C=O) groups excluding carboxylic acids is 1. The van der Waals surface area contributed by atoms with Crippen LogP contribution in [0.2, 0.25) is 0 Å². The van der Waals surface area contributed by atoms with Crippen molar-refractivity contribution in [1.29, 1.82) is 0 Å². The summed E-state index contributed by atoms with van der Waals surface area (Å²) in [5, 5.41) is 3.95. The fraction of sp³-hybridized carbons (Fsp3) is 0.227. The zero-order valence-corrected chi connectivity index (χ0v) is 18.4. The van der Waals surface area contributed by atoms with Crippen LogP contribution in [0, 0.1) is 0 Å². The smallest absolute Gasteiger partial charge is 0.236 e. The molecule has 1 aromatic carbocycles. The predicted octanol–water partition coefficient (Wildman–Crippen LogP) is 2.89. The first kappa shape index (κ1) is 21.4. The van der Waals surface area contributed by atoms with Gasteiger partial charge in [-0.3, -0.25) is 9.78 Å². The molecule has 0 saturated carbocycles. The Balaban J connectivity index is 1.32. The molecule has 160 valence electrons. The molecule has 7 nitrogen and oxygen atoms in total. The Labute approximate surface area is 185 Å². The molecule has 31 heavy (non-hydrogen) atoms. The van der Waals surface area contributed by atoms with Gasteiger partial charge >= 0.3 is 0 Å². The highest BCUT2D eigenvalue weighted by molar-refractivity contribution is 7.92. The number of amides is 1. The first-order chi connectivity index (χ1) is 15.0. The Bertz CT molecular complexity index is 1150. The maximum atomic E-state index is 12.7. The topological polar surface area (TPSA) is 83.5 Å². The molecule has 3 heterocycles. The van der Waals surface area contributed by atoms with E-state index in [-0.39, 0.29) is 25.4 Å². The summed E-state index contributed by atoms with van der Waals surface area (Å²) in [6, 6.07) is 13.1. The van der Waals surface area contributed by atoms with Gasteiger partial charge in [0.15, 0.2) is 0 Å². The van der Waals surface area contributed by atoms with Crippen LogP contribution in [0.1, 0.15) is 11.3 Å². The number of carbonyl (C=O) groups is 1. The number of benzene rings is 1. The molecule has 3 aromatic rings. The fourth-order valence-corrected chi connectivity index (χ4v) is 5.27. The van der Waals surface area contributed by atoms with Crippen molar-refractivity contribution in [3.05, 3.63) is 76.9 Å². The van der Waals surface area contributed by atoms with Crippen molar-refractivity contribution in [2.75, 3.05) is 26.2 Å². The van der Waals surface area contributed by atoms with E-state index in [0.29, 0.717) is 13.1 Å². The van der Waals surface area contributed by atoms with Crippen LogP contribution in [-0.4, -0.2) is 59.7 Å². The maximum Gasteiger partial charge on any atom is 0.236 e. The van der Waals surface area contributed by atoms with Gasteiger partial charge in [0.1, 0.15) is 5.01 Å². The minimum absolute atomic E-state index is 0.0417. The fourth-order valence-electron chi connectivity index (χ4n) is 3.28. The lowest BCUT2D eigenvalue weighted by molar-refractivity contribution is -0.131. The number of thiazole rings is 1. The molecule has 0 atom stereocenters. The number of aromatic nitrogens is 2. The molecule has 2 aromatic heterocycles. The molecule has 4 rings (SSSR count). The second-order valence-corrected chi connectivity index (χ2v) is 9.78. The summed E-state index contributed by atoms with van der Waals surface area (Å²) < 4.78 is 26.6. The first-order valence-corrected chi connectivity index (χ1v) is 12.3. The van der Waals surface area contributed by atoms with Gasteiger partial charge in [-0.1, -0.05) is 30.3 Å². The van der Waals surface area contributed by atoms with Gasteiger partial charge < -0.3 is 4.90 Å². The van der Waals surface area contributed by atoms with Crippen LogP contribution in [0.4, 0.5) is 0 Å². The lowest BCUT2D eigenvalue weighted by Gasteiger charge is -2.33. The molecule has 0 bridgehead atoms. The van der Waals surface area contributed by atoms with Crippen molar-refractivity contribution in [2.45, 2.75) is 6.42 Å². The van der Waals surface area contributed by atoms with E-state index < -0.39 is 10.0 Å². The Morgan fingerprint density at radius 1 is 1.06 bits per heavy atom. The minimum atomic E-state index is -3.52. The highest BCUT2D eigenvalue weighted by Crippen LogP contribution is 2.23. The van der Waals surface area contributed by atoms with Crippen LogP contribution < -0.4 is 0 Å². The number of hydrogen-bond acceptors (Lipinski definition) is 6. The van der Waals surface area contributed by atoms with E-state index in [4.69, 9.17) is 0 Å². The minimum Gasteiger partial charge on any atom is -0.340 e. The van der Waals surface area contributed by atoms with Crippen molar-refractivity contribution in [1.82, 2.24) is 19.2 Å². The van der Waals surface area contributed by atoms with Gasteiger partial charge in [0.05, 0.1) is 12.1 Å². The van der Waals surface area contributed by atoms with Gasteiger partial charge in [0, 0.05) is 54.9 Å². The van der Waals surface area contributed by atoms with Crippen LogP contribution in [0.15, 0.2) is 65.6 Å². The summed E-state index contributed by atoms with van der Waals surface area (Å²) in [7, 11) is -3.52. The zero-order valence-electron chi connectivity index (χ0n) is 16.8. The van der Waals surface area contributed by atoms with Crippen molar-refractivity contribution in [2.24, 2.45) is 0 Å². The van der Waals surface area contributed by atoms with Crippen molar-refractivity contribution in [3.8, 4) is 10.6 Å². The molecule has 0 radical (unpaired) electrons. The normalized spacial score (nSPS) is 15.4. The summed E-state index contributed by atoms with van der Waals surface area (Å²) >= 11 is 1.48. The third-order valence-corrected chi connectivity index (χ3v) is 7.48. The van der Waals surface area contributed by atoms with E-state index >= 15 is 0 Å². The Morgan fingerprint density at radius 3 is 2.55 bits per heavy atom. The molecule has 0 unspecified atom stereocenters. The van der Waals surface area contributed by atoms with Gasteiger partial charge in [-0.15, -0.1) is 11.3 Å². The monoisotopic (exact) mass is 454 g/mol. The van der Waals surface area contributed by atoms with Gasteiger partial charge in [-0.25, -0.2) is 13.4 Å². The third-order valence-electron chi connectivity index (χ3n) is 4.98. The molecule has 0 aliphatic carbocycles. The van der Waals surface area contributed by atoms with Crippen LogP contribution in [0.5, 0.6) is 0 Å². The van der Waals surface area contributed by atoms with Crippen molar-refractivity contribution < 1.29 is 13.2 Å². The summed E-state index contributed by atoms with van der Waals surface area (Å²) in [6.45, 7) is 1.31. The Kier molecular flexibility index (Phi) is 6.55.